The molecule has 9 nitrogen and oxygen atoms in total. The van der Waals surface area contributed by atoms with Crippen LogP contribution >= 0.6 is 25.3 Å². The number of carbonyl (C=O) groups is 4. The third-order valence-corrected chi connectivity index (χ3v) is 3.94. The molecule has 4 amide bonds. The standard InChI is InChI=1S/C16H31N5O4S2/c1-11(22)20-13(3-9-26)15(24)18-7-5-17-6-8-19-16(25)14(4-10-27)21-12(2)23/h13-14,17,26-27H,3-10H2,1-2H3,(H,18,24)(H,19,25)(H,20,22)(H,21,23). The summed E-state index contributed by atoms with van der Waals surface area (Å²) in [6.07, 6.45) is 0.908. The Bertz CT molecular complexity index is 451. The molecule has 0 aliphatic rings. The van der Waals surface area contributed by atoms with Gasteiger partial charge < -0.3 is 26.6 Å². The molecule has 0 bridgehead atoms. The maximum absolute atomic E-state index is 12.0. The molecule has 0 aromatic carbocycles. The van der Waals surface area contributed by atoms with Crippen molar-refractivity contribution >= 4 is 48.9 Å². The van der Waals surface area contributed by atoms with Crippen LogP contribution in [-0.4, -0.2) is 73.4 Å². The predicted octanol–water partition coefficient (Wildman–Crippen LogP) is -1.54. The maximum Gasteiger partial charge on any atom is 0.242 e. The van der Waals surface area contributed by atoms with E-state index in [4.69, 9.17) is 0 Å². The Morgan fingerprint density at radius 3 is 1.37 bits per heavy atom. The quantitative estimate of drug-likeness (QED) is 0.135. The van der Waals surface area contributed by atoms with E-state index in [0.717, 1.165) is 0 Å². The lowest BCUT2D eigenvalue weighted by Crippen LogP contribution is -2.48. The molecule has 0 aromatic heterocycles. The van der Waals surface area contributed by atoms with Gasteiger partial charge in [-0.1, -0.05) is 0 Å². The molecule has 0 rings (SSSR count). The zero-order valence-corrected chi connectivity index (χ0v) is 17.6. The summed E-state index contributed by atoms with van der Waals surface area (Å²) in [5, 5.41) is 13.7. The number of hydrogen-bond donors (Lipinski definition) is 7. The largest absolute Gasteiger partial charge is 0.353 e. The van der Waals surface area contributed by atoms with Crippen LogP contribution in [0.1, 0.15) is 26.7 Å². The van der Waals surface area contributed by atoms with Crippen molar-refractivity contribution in [1.82, 2.24) is 26.6 Å². The third-order valence-electron chi connectivity index (χ3n) is 3.43. The molecule has 2 atom stereocenters. The summed E-state index contributed by atoms with van der Waals surface area (Å²) in [7, 11) is 0. The van der Waals surface area contributed by atoms with Crippen LogP contribution in [0, 0.1) is 0 Å². The van der Waals surface area contributed by atoms with Crippen LogP contribution in [0.25, 0.3) is 0 Å². The fourth-order valence-electron chi connectivity index (χ4n) is 2.21. The van der Waals surface area contributed by atoms with E-state index in [1.165, 1.54) is 13.8 Å². The van der Waals surface area contributed by atoms with E-state index in [2.05, 4.69) is 51.8 Å². The van der Waals surface area contributed by atoms with E-state index in [1.807, 2.05) is 0 Å². The van der Waals surface area contributed by atoms with Gasteiger partial charge in [0.2, 0.25) is 23.6 Å². The summed E-state index contributed by atoms with van der Waals surface area (Å²) in [6.45, 7) is 4.54. The van der Waals surface area contributed by atoms with Crippen molar-refractivity contribution in [2.24, 2.45) is 0 Å². The third kappa shape index (κ3) is 13.4. The van der Waals surface area contributed by atoms with E-state index < -0.39 is 12.1 Å². The lowest BCUT2D eigenvalue weighted by atomic mass is 10.2. The monoisotopic (exact) mass is 421 g/mol. The average Bonchev–Trinajstić information content (AvgIpc) is 2.59. The van der Waals surface area contributed by atoms with Crippen LogP contribution in [0.4, 0.5) is 0 Å². The minimum Gasteiger partial charge on any atom is -0.353 e. The summed E-state index contributed by atoms with van der Waals surface area (Å²) in [6, 6.07) is -1.17. The summed E-state index contributed by atoms with van der Waals surface area (Å²) < 4.78 is 0. The Labute approximate surface area is 171 Å². The highest BCUT2D eigenvalue weighted by Gasteiger charge is 2.18. The van der Waals surface area contributed by atoms with Crippen LogP contribution in [0.3, 0.4) is 0 Å². The van der Waals surface area contributed by atoms with Crippen molar-refractivity contribution in [3.05, 3.63) is 0 Å². The van der Waals surface area contributed by atoms with Crippen molar-refractivity contribution < 1.29 is 19.2 Å². The average molecular weight is 422 g/mol. The lowest BCUT2D eigenvalue weighted by Gasteiger charge is -2.17. The molecule has 0 heterocycles. The van der Waals surface area contributed by atoms with Crippen molar-refractivity contribution in [3.8, 4) is 0 Å². The summed E-state index contributed by atoms with van der Waals surface area (Å²) in [5.74, 6) is -0.0486. The first-order valence-electron chi connectivity index (χ1n) is 8.83. The Balaban J connectivity index is 3.95. The Kier molecular flexibility index (Phi) is 14.7. The van der Waals surface area contributed by atoms with Gasteiger partial charge in [0.1, 0.15) is 12.1 Å². The van der Waals surface area contributed by atoms with Gasteiger partial charge in [-0.3, -0.25) is 19.2 Å². The molecule has 0 aliphatic heterocycles. The molecule has 0 aromatic rings. The highest BCUT2D eigenvalue weighted by molar-refractivity contribution is 7.80. The van der Waals surface area contributed by atoms with Gasteiger partial charge in [0.05, 0.1) is 0 Å². The highest BCUT2D eigenvalue weighted by atomic mass is 32.1. The first-order valence-corrected chi connectivity index (χ1v) is 10.1. The molecule has 0 spiro atoms. The van der Waals surface area contributed by atoms with Crippen LogP contribution < -0.4 is 26.6 Å². The van der Waals surface area contributed by atoms with Gasteiger partial charge in [0.25, 0.3) is 0 Å². The number of carbonyl (C=O) groups excluding carboxylic acids is 4. The number of hydrogen-bond acceptors (Lipinski definition) is 7. The van der Waals surface area contributed by atoms with Gasteiger partial charge in [0, 0.05) is 40.0 Å². The van der Waals surface area contributed by atoms with E-state index in [-0.39, 0.29) is 23.6 Å². The Hall–Kier alpha value is -1.46. The van der Waals surface area contributed by atoms with Crippen LogP contribution in [-0.2, 0) is 19.2 Å². The van der Waals surface area contributed by atoms with Gasteiger partial charge in [0.15, 0.2) is 0 Å². The molecule has 0 fully saturated rings. The Morgan fingerprint density at radius 2 is 1.07 bits per heavy atom. The van der Waals surface area contributed by atoms with Gasteiger partial charge >= 0.3 is 0 Å². The van der Waals surface area contributed by atoms with Crippen molar-refractivity contribution in [3.63, 3.8) is 0 Å². The molecule has 0 aliphatic carbocycles. The molecular formula is C16H31N5O4S2. The smallest absolute Gasteiger partial charge is 0.242 e. The molecule has 156 valence electrons. The second kappa shape index (κ2) is 15.6. The minimum atomic E-state index is -0.586. The fourth-order valence-corrected chi connectivity index (χ4v) is 2.72. The molecule has 0 radical (unpaired) electrons. The first-order chi connectivity index (χ1) is 12.8. The van der Waals surface area contributed by atoms with Crippen molar-refractivity contribution in [1.29, 1.82) is 0 Å². The minimum absolute atomic E-state index is 0.251. The first kappa shape index (κ1) is 25.5. The number of thiol groups is 2. The van der Waals surface area contributed by atoms with Gasteiger partial charge in [-0.25, -0.2) is 0 Å². The summed E-state index contributed by atoms with van der Waals surface area (Å²) in [4.78, 5) is 46.2. The normalized spacial score (nSPS) is 12.6. The zero-order valence-electron chi connectivity index (χ0n) is 15.8. The second-order valence-electron chi connectivity index (χ2n) is 5.86. The fraction of sp³-hybridized carbons (Fsp3) is 0.750. The zero-order chi connectivity index (χ0) is 20.7. The summed E-state index contributed by atoms with van der Waals surface area (Å²) in [5.41, 5.74) is 0. The lowest BCUT2D eigenvalue weighted by molar-refractivity contribution is -0.128. The van der Waals surface area contributed by atoms with Crippen molar-refractivity contribution in [2.75, 3.05) is 37.7 Å². The number of amides is 4. The second-order valence-corrected chi connectivity index (χ2v) is 6.76. The van der Waals surface area contributed by atoms with E-state index in [0.29, 0.717) is 50.5 Å². The molecule has 11 heteroatoms. The highest BCUT2D eigenvalue weighted by Crippen LogP contribution is 1.95. The number of nitrogens with one attached hydrogen (secondary N) is 5. The van der Waals surface area contributed by atoms with Gasteiger partial charge in [-0.2, -0.15) is 25.3 Å². The van der Waals surface area contributed by atoms with E-state index >= 15 is 0 Å². The molecule has 27 heavy (non-hydrogen) atoms. The SMILES string of the molecule is CC(=O)NC(CCS)C(=O)NCCNCCNC(=O)C(CCS)NC(C)=O. The molecule has 2 unspecified atom stereocenters. The van der Waals surface area contributed by atoms with E-state index in [1.54, 1.807) is 0 Å². The predicted molar refractivity (Wildman–Crippen MR) is 111 cm³/mol. The Morgan fingerprint density at radius 1 is 0.704 bits per heavy atom. The van der Waals surface area contributed by atoms with E-state index in [9.17, 15) is 19.2 Å². The maximum atomic E-state index is 12.0. The van der Waals surface area contributed by atoms with Crippen LogP contribution in [0.5, 0.6) is 0 Å². The topological polar surface area (TPSA) is 128 Å². The molecule has 0 saturated carbocycles. The molecule has 0 saturated heterocycles. The van der Waals surface area contributed by atoms with Crippen LogP contribution in [0.2, 0.25) is 0 Å². The van der Waals surface area contributed by atoms with Crippen molar-refractivity contribution in [2.45, 2.75) is 38.8 Å². The number of rotatable bonds is 14. The summed E-state index contributed by atoms with van der Waals surface area (Å²) >= 11 is 8.16. The van der Waals surface area contributed by atoms with Gasteiger partial charge in [-0.05, 0) is 24.3 Å². The molecular weight excluding hydrogens is 390 g/mol. The van der Waals surface area contributed by atoms with Gasteiger partial charge in [-0.15, -0.1) is 0 Å². The molecule has 5 N–H and O–H groups in total. The van der Waals surface area contributed by atoms with Crippen LogP contribution in [0.15, 0.2) is 0 Å².